The summed E-state index contributed by atoms with van der Waals surface area (Å²) in [6, 6.07) is 2.34. The van der Waals surface area contributed by atoms with E-state index < -0.39 is 0 Å². The van der Waals surface area contributed by atoms with Crippen molar-refractivity contribution >= 4 is 17.2 Å². The zero-order chi connectivity index (χ0) is 15.0. The van der Waals surface area contributed by atoms with Gasteiger partial charge in [0.05, 0.1) is 17.0 Å². The van der Waals surface area contributed by atoms with E-state index in [1.165, 1.54) is 0 Å². The Balaban J connectivity index is 1.83. The molecule has 2 aliphatic rings. The molecule has 0 saturated carbocycles. The molecule has 21 heavy (non-hydrogen) atoms. The van der Waals surface area contributed by atoms with Crippen LogP contribution in [0, 0.1) is 12.8 Å². The van der Waals surface area contributed by atoms with Crippen LogP contribution in [0.25, 0.3) is 0 Å². The number of piperidine rings is 1. The molecule has 116 valence electrons. The minimum atomic E-state index is 0.213. The van der Waals surface area contributed by atoms with Gasteiger partial charge in [0.15, 0.2) is 0 Å². The number of fused-ring (bicyclic) bond motifs is 1. The van der Waals surface area contributed by atoms with Crippen molar-refractivity contribution in [3.05, 3.63) is 21.9 Å². The van der Waals surface area contributed by atoms with Crippen LogP contribution < -0.4 is 0 Å². The Morgan fingerprint density at radius 1 is 1.48 bits per heavy atom. The maximum Gasteiger partial charge on any atom is 0.264 e. The maximum absolute atomic E-state index is 12.9. The van der Waals surface area contributed by atoms with Crippen LogP contribution in [0.2, 0.25) is 0 Å². The molecular weight excluding hydrogens is 284 g/mol. The number of hydrogen-bond acceptors (Lipinski definition) is 4. The molecule has 3 rings (SSSR count). The minimum absolute atomic E-state index is 0.213. The number of likely N-dealkylation sites (N-methyl/N-ethyl adjacent to an activating group) is 1. The van der Waals surface area contributed by atoms with Crippen LogP contribution in [0.4, 0.5) is 0 Å². The van der Waals surface area contributed by atoms with E-state index in [2.05, 4.69) is 16.7 Å². The fourth-order valence-electron chi connectivity index (χ4n) is 3.76. The average Bonchev–Trinajstić information content (AvgIpc) is 3.11. The SMILES string of the molecule is CCN1C[C@H]2[C@@H](C1)N(C(=O)c1sccc1C)CC[C@H]2OC. The zero-order valence-corrected chi connectivity index (χ0v) is 13.9. The van der Waals surface area contributed by atoms with E-state index in [-0.39, 0.29) is 5.91 Å². The summed E-state index contributed by atoms with van der Waals surface area (Å²) < 4.78 is 5.68. The van der Waals surface area contributed by atoms with Gasteiger partial charge in [-0.1, -0.05) is 6.92 Å². The normalized spacial score (nSPS) is 29.7. The summed E-state index contributed by atoms with van der Waals surface area (Å²) in [6.45, 7) is 8.10. The quantitative estimate of drug-likeness (QED) is 0.858. The van der Waals surface area contributed by atoms with Crippen LogP contribution in [0.3, 0.4) is 0 Å². The predicted octanol–water partition coefficient (Wildman–Crippen LogP) is 2.24. The van der Waals surface area contributed by atoms with Crippen molar-refractivity contribution in [2.24, 2.45) is 5.92 Å². The molecule has 2 saturated heterocycles. The van der Waals surface area contributed by atoms with Gasteiger partial charge in [-0.25, -0.2) is 0 Å². The van der Waals surface area contributed by atoms with Crippen LogP contribution in [-0.4, -0.2) is 61.1 Å². The predicted molar refractivity (Wildman–Crippen MR) is 84.9 cm³/mol. The van der Waals surface area contributed by atoms with Crippen LogP contribution in [-0.2, 0) is 4.74 Å². The Bertz CT molecular complexity index is 516. The lowest BCUT2D eigenvalue weighted by atomic mass is 9.89. The van der Waals surface area contributed by atoms with Crippen molar-refractivity contribution in [1.82, 2.24) is 9.80 Å². The van der Waals surface area contributed by atoms with Crippen LogP contribution in [0.1, 0.15) is 28.6 Å². The van der Waals surface area contributed by atoms with E-state index in [4.69, 9.17) is 4.74 Å². The fraction of sp³-hybridized carbons (Fsp3) is 0.688. The van der Waals surface area contributed by atoms with Gasteiger partial charge < -0.3 is 14.5 Å². The summed E-state index contributed by atoms with van der Waals surface area (Å²) >= 11 is 1.56. The Hall–Kier alpha value is -0.910. The topological polar surface area (TPSA) is 32.8 Å². The van der Waals surface area contributed by atoms with Gasteiger partial charge in [-0.05, 0) is 36.9 Å². The number of hydrogen-bond donors (Lipinski definition) is 0. The Morgan fingerprint density at radius 2 is 2.29 bits per heavy atom. The van der Waals surface area contributed by atoms with Crippen molar-refractivity contribution in [3.63, 3.8) is 0 Å². The van der Waals surface area contributed by atoms with Gasteiger partial charge in [-0.3, -0.25) is 4.79 Å². The Labute approximate surface area is 130 Å². The summed E-state index contributed by atoms with van der Waals surface area (Å²) in [5, 5.41) is 2.01. The molecule has 0 spiro atoms. The molecule has 0 radical (unpaired) electrons. The molecule has 1 aromatic heterocycles. The molecule has 4 nitrogen and oxygen atoms in total. The number of thiophene rings is 1. The number of nitrogens with zero attached hydrogens (tertiary/aromatic N) is 2. The Morgan fingerprint density at radius 3 is 2.90 bits per heavy atom. The maximum atomic E-state index is 12.9. The minimum Gasteiger partial charge on any atom is -0.381 e. The second-order valence-corrected chi connectivity index (χ2v) is 6.99. The lowest BCUT2D eigenvalue weighted by molar-refractivity contribution is -0.0155. The molecule has 2 aliphatic heterocycles. The van der Waals surface area contributed by atoms with Crippen molar-refractivity contribution in [2.45, 2.75) is 32.4 Å². The highest BCUT2D eigenvalue weighted by Crippen LogP contribution is 2.34. The van der Waals surface area contributed by atoms with E-state index in [0.717, 1.165) is 43.0 Å². The molecule has 0 aromatic carbocycles. The summed E-state index contributed by atoms with van der Waals surface area (Å²) in [5.41, 5.74) is 1.10. The molecule has 3 heterocycles. The van der Waals surface area contributed by atoms with Gasteiger partial charge in [-0.15, -0.1) is 11.3 Å². The largest absolute Gasteiger partial charge is 0.381 e. The fourth-order valence-corrected chi connectivity index (χ4v) is 4.64. The molecule has 0 bridgehead atoms. The molecule has 1 aromatic rings. The van der Waals surface area contributed by atoms with E-state index in [1.807, 2.05) is 18.4 Å². The van der Waals surface area contributed by atoms with Gasteiger partial charge in [0, 0.05) is 32.7 Å². The third-order valence-electron chi connectivity index (χ3n) is 5.01. The average molecular weight is 308 g/mol. The Kier molecular flexibility index (Phi) is 4.33. The van der Waals surface area contributed by atoms with Crippen LogP contribution >= 0.6 is 11.3 Å². The summed E-state index contributed by atoms with van der Waals surface area (Å²) in [5.74, 6) is 0.665. The van der Waals surface area contributed by atoms with Crippen molar-refractivity contribution in [1.29, 1.82) is 0 Å². The van der Waals surface area contributed by atoms with E-state index >= 15 is 0 Å². The second-order valence-electron chi connectivity index (χ2n) is 6.08. The van der Waals surface area contributed by atoms with E-state index in [9.17, 15) is 4.79 Å². The molecular formula is C16H24N2O2S. The lowest BCUT2D eigenvalue weighted by Crippen LogP contribution is -2.53. The smallest absolute Gasteiger partial charge is 0.264 e. The van der Waals surface area contributed by atoms with Crippen LogP contribution in [0.15, 0.2) is 11.4 Å². The number of rotatable bonds is 3. The molecule has 0 unspecified atom stereocenters. The number of methoxy groups -OCH3 is 1. The number of aryl methyl sites for hydroxylation is 1. The molecule has 0 N–H and O–H groups in total. The molecule has 5 heteroatoms. The highest BCUT2D eigenvalue weighted by Gasteiger charge is 2.45. The summed E-state index contributed by atoms with van der Waals surface area (Å²) in [6.07, 6.45) is 1.24. The first kappa shape index (κ1) is 15.0. The van der Waals surface area contributed by atoms with Crippen molar-refractivity contribution < 1.29 is 9.53 Å². The monoisotopic (exact) mass is 308 g/mol. The van der Waals surface area contributed by atoms with Crippen LogP contribution in [0.5, 0.6) is 0 Å². The highest BCUT2D eigenvalue weighted by atomic mass is 32.1. The first-order valence-corrected chi connectivity index (χ1v) is 8.63. The number of ether oxygens (including phenoxy) is 1. The third kappa shape index (κ3) is 2.62. The van der Waals surface area contributed by atoms with Crippen molar-refractivity contribution in [2.75, 3.05) is 33.3 Å². The van der Waals surface area contributed by atoms with Crippen molar-refractivity contribution in [3.8, 4) is 0 Å². The molecule has 0 aliphatic carbocycles. The first-order valence-electron chi connectivity index (χ1n) is 7.76. The van der Waals surface area contributed by atoms with Gasteiger partial charge in [0.25, 0.3) is 5.91 Å². The van der Waals surface area contributed by atoms with Gasteiger partial charge in [0.1, 0.15) is 0 Å². The second kappa shape index (κ2) is 6.07. The van der Waals surface area contributed by atoms with E-state index in [0.29, 0.717) is 18.1 Å². The number of carbonyl (C=O) groups is 1. The first-order chi connectivity index (χ1) is 10.2. The summed E-state index contributed by atoms with van der Waals surface area (Å²) in [4.78, 5) is 18.3. The number of amides is 1. The standard InChI is InChI=1S/C16H24N2O2S/c1-4-17-9-12-13(10-17)18(7-5-14(12)20-3)16(19)15-11(2)6-8-21-15/h6,8,12-14H,4-5,7,9-10H2,1-3H3/t12-,13+,14+/m0/s1. The molecule has 2 fully saturated rings. The zero-order valence-electron chi connectivity index (χ0n) is 13.0. The van der Waals surface area contributed by atoms with Gasteiger partial charge >= 0.3 is 0 Å². The molecule has 3 atom stereocenters. The third-order valence-corrected chi connectivity index (χ3v) is 6.01. The van der Waals surface area contributed by atoms with E-state index in [1.54, 1.807) is 18.4 Å². The number of likely N-dealkylation sites (tertiary alicyclic amines) is 2. The molecule has 1 amide bonds. The number of carbonyl (C=O) groups excluding carboxylic acids is 1. The lowest BCUT2D eigenvalue weighted by Gasteiger charge is -2.41. The summed E-state index contributed by atoms with van der Waals surface area (Å²) in [7, 11) is 1.80. The van der Waals surface area contributed by atoms with Gasteiger partial charge in [-0.2, -0.15) is 0 Å². The van der Waals surface area contributed by atoms with Gasteiger partial charge in [0.2, 0.25) is 0 Å². The highest BCUT2D eigenvalue weighted by molar-refractivity contribution is 7.12.